The Hall–Kier alpha value is -1.79. The predicted molar refractivity (Wildman–Crippen MR) is 93.4 cm³/mol. The van der Waals surface area contributed by atoms with Crippen LogP contribution in [0.15, 0.2) is 28.9 Å². The van der Waals surface area contributed by atoms with E-state index in [1.54, 1.807) is 6.20 Å². The van der Waals surface area contributed by atoms with E-state index >= 15 is 0 Å². The topological polar surface area (TPSA) is 67.1 Å². The van der Waals surface area contributed by atoms with E-state index in [-0.39, 0.29) is 6.04 Å². The van der Waals surface area contributed by atoms with Gasteiger partial charge in [-0.25, -0.2) is 0 Å². The average Bonchev–Trinajstić information content (AvgIpc) is 3.07. The molecule has 1 saturated heterocycles. The van der Waals surface area contributed by atoms with E-state index in [1.165, 1.54) is 6.54 Å². The third-order valence-electron chi connectivity index (χ3n) is 4.40. The highest BCUT2D eigenvalue weighted by Gasteiger charge is 2.23. The van der Waals surface area contributed by atoms with Crippen molar-refractivity contribution in [3.05, 3.63) is 30.3 Å². The number of likely N-dealkylation sites (tertiary alicyclic amines) is 1. The molecule has 1 fully saturated rings. The van der Waals surface area contributed by atoms with Gasteiger partial charge in [-0.1, -0.05) is 25.1 Å². The van der Waals surface area contributed by atoms with Crippen LogP contribution in [0.1, 0.15) is 45.5 Å². The van der Waals surface area contributed by atoms with Crippen molar-refractivity contribution in [2.45, 2.75) is 45.7 Å². The Balaban J connectivity index is 1.53. The van der Waals surface area contributed by atoms with Gasteiger partial charge in [-0.3, -0.25) is 4.98 Å². The molecule has 6 nitrogen and oxygen atoms in total. The monoisotopic (exact) mass is 329 g/mol. The van der Waals surface area contributed by atoms with E-state index in [0.717, 1.165) is 37.5 Å². The molecule has 2 aromatic heterocycles. The highest BCUT2D eigenvalue weighted by Crippen LogP contribution is 2.19. The summed E-state index contributed by atoms with van der Waals surface area (Å²) in [5.41, 5.74) is 0.738. The van der Waals surface area contributed by atoms with E-state index in [2.05, 4.69) is 46.1 Å². The molecule has 130 valence electrons. The van der Waals surface area contributed by atoms with Crippen LogP contribution in [0.5, 0.6) is 0 Å². The number of rotatable bonds is 6. The summed E-state index contributed by atoms with van der Waals surface area (Å²) >= 11 is 0. The van der Waals surface area contributed by atoms with Gasteiger partial charge in [-0.15, -0.1) is 0 Å². The van der Waals surface area contributed by atoms with Gasteiger partial charge in [0.05, 0.1) is 6.04 Å². The van der Waals surface area contributed by atoms with Crippen LogP contribution in [0.25, 0.3) is 11.5 Å². The molecule has 0 amide bonds. The fraction of sp³-hybridized carbons (Fsp3) is 0.611. The number of aromatic nitrogens is 3. The van der Waals surface area contributed by atoms with Crippen LogP contribution in [0.4, 0.5) is 0 Å². The highest BCUT2D eigenvalue weighted by atomic mass is 16.5. The first-order chi connectivity index (χ1) is 11.6. The second-order valence-corrected chi connectivity index (χ2v) is 7.03. The summed E-state index contributed by atoms with van der Waals surface area (Å²) in [6.45, 7) is 10.1. The van der Waals surface area contributed by atoms with Gasteiger partial charge in [0.1, 0.15) is 5.69 Å². The van der Waals surface area contributed by atoms with E-state index in [4.69, 9.17) is 4.52 Å². The Morgan fingerprint density at radius 2 is 2.04 bits per heavy atom. The number of hydrogen-bond acceptors (Lipinski definition) is 6. The maximum Gasteiger partial charge on any atom is 0.243 e. The van der Waals surface area contributed by atoms with Gasteiger partial charge in [0.15, 0.2) is 0 Å². The first-order valence-corrected chi connectivity index (χ1v) is 8.85. The van der Waals surface area contributed by atoms with Gasteiger partial charge < -0.3 is 14.7 Å². The van der Waals surface area contributed by atoms with Crippen LogP contribution in [-0.4, -0.2) is 45.7 Å². The van der Waals surface area contributed by atoms with E-state index in [0.29, 0.717) is 17.8 Å². The number of nitrogens with zero attached hydrogens (tertiary/aromatic N) is 4. The molecule has 0 aromatic carbocycles. The van der Waals surface area contributed by atoms with Crippen molar-refractivity contribution in [1.29, 1.82) is 0 Å². The highest BCUT2D eigenvalue weighted by molar-refractivity contribution is 5.47. The minimum atomic E-state index is 0.0524. The minimum absolute atomic E-state index is 0.0524. The molecule has 0 saturated carbocycles. The fourth-order valence-electron chi connectivity index (χ4n) is 3.23. The van der Waals surface area contributed by atoms with Crippen LogP contribution < -0.4 is 5.32 Å². The van der Waals surface area contributed by atoms with Gasteiger partial charge in [-0.2, -0.15) is 4.98 Å². The smallest absolute Gasteiger partial charge is 0.243 e. The average molecular weight is 329 g/mol. The first-order valence-electron chi connectivity index (χ1n) is 8.85. The van der Waals surface area contributed by atoms with Gasteiger partial charge in [-0.05, 0) is 50.9 Å². The summed E-state index contributed by atoms with van der Waals surface area (Å²) in [4.78, 5) is 11.3. The van der Waals surface area contributed by atoms with Crippen molar-refractivity contribution in [2.75, 3.05) is 19.6 Å². The summed E-state index contributed by atoms with van der Waals surface area (Å²) in [5, 5.41) is 7.68. The maximum atomic E-state index is 5.42. The molecule has 0 spiro atoms. The number of pyridine rings is 1. The maximum absolute atomic E-state index is 5.42. The summed E-state index contributed by atoms with van der Waals surface area (Å²) in [6, 6.07) is 6.24. The standard InChI is InChI=1S/C18H27N5O/c1-13(2)12-23-10-7-15(8-11-23)20-14(3)18-21-17(22-24-18)16-6-4-5-9-19-16/h4-6,9,13-15,20H,7-8,10-12H2,1-3H3/t14-/m1/s1. The molecule has 2 aromatic rings. The molecule has 1 aliphatic rings. The van der Waals surface area contributed by atoms with Crippen molar-refractivity contribution in [3.8, 4) is 11.5 Å². The Kier molecular flexibility index (Phi) is 5.58. The molecule has 24 heavy (non-hydrogen) atoms. The van der Waals surface area contributed by atoms with Gasteiger partial charge in [0.25, 0.3) is 0 Å². The fourth-order valence-corrected chi connectivity index (χ4v) is 3.23. The van der Waals surface area contributed by atoms with E-state index in [1.807, 2.05) is 18.2 Å². The third-order valence-corrected chi connectivity index (χ3v) is 4.40. The molecule has 1 atom stereocenters. The van der Waals surface area contributed by atoms with Crippen molar-refractivity contribution in [3.63, 3.8) is 0 Å². The van der Waals surface area contributed by atoms with Crippen LogP contribution in [0.2, 0.25) is 0 Å². The number of piperidine rings is 1. The second kappa shape index (κ2) is 7.85. The van der Waals surface area contributed by atoms with Crippen LogP contribution in [0.3, 0.4) is 0 Å². The quantitative estimate of drug-likeness (QED) is 0.879. The van der Waals surface area contributed by atoms with Crippen molar-refractivity contribution in [2.24, 2.45) is 5.92 Å². The van der Waals surface area contributed by atoms with Gasteiger partial charge >= 0.3 is 0 Å². The van der Waals surface area contributed by atoms with Crippen LogP contribution in [-0.2, 0) is 0 Å². The molecule has 3 heterocycles. The minimum Gasteiger partial charge on any atom is -0.337 e. The number of hydrogen-bond donors (Lipinski definition) is 1. The molecule has 0 aliphatic carbocycles. The molecule has 0 unspecified atom stereocenters. The Morgan fingerprint density at radius 3 is 2.71 bits per heavy atom. The van der Waals surface area contributed by atoms with Crippen molar-refractivity contribution >= 4 is 0 Å². The van der Waals surface area contributed by atoms with Gasteiger partial charge in [0.2, 0.25) is 11.7 Å². The largest absolute Gasteiger partial charge is 0.337 e. The van der Waals surface area contributed by atoms with Crippen molar-refractivity contribution < 1.29 is 4.52 Å². The van der Waals surface area contributed by atoms with Gasteiger partial charge in [0, 0.05) is 18.8 Å². The lowest BCUT2D eigenvalue weighted by Crippen LogP contribution is -2.44. The Morgan fingerprint density at radius 1 is 1.25 bits per heavy atom. The lowest BCUT2D eigenvalue weighted by atomic mass is 10.0. The zero-order valence-electron chi connectivity index (χ0n) is 14.8. The van der Waals surface area contributed by atoms with Crippen molar-refractivity contribution in [1.82, 2.24) is 25.3 Å². The SMILES string of the molecule is CC(C)CN1CCC(N[C@H](C)c2nc(-c3ccccn3)no2)CC1. The Labute approximate surface area is 143 Å². The normalized spacial score (nSPS) is 18.2. The lowest BCUT2D eigenvalue weighted by Gasteiger charge is -2.34. The molecule has 1 N–H and O–H groups in total. The summed E-state index contributed by atoms with van der Waals surface area (Å²) < 4.78 is 5.42. The molecule has 0 radical (unpaired) electrons. The zero-order chi connectivity index (χ0) is 16.9. The second-order valence-electron chi connectivity index (χ2n) is 7.03. The van der Waals surface area contributed by atoms with Crippen LogP contribution >= 0.6 is 0 Å². The molecular formula is C18H27N5O. The summed E-state index contributed by atoms with van der Waals surface area (Å²) in [5.74, 6) is 1.91. The Bertz CT molecular complexity index is 619. The summed E-state index contributed by atoms with van der Waals surface area (Å²) in [7, 11) is 0. The van der Waals surface area contributed by atoms with Crippen LogP contribution in [0, 0.1) is 5.92 Å². The summed E-state index contributed by atoms with van der Waals surface area (Å²) in [6.07, 6.45) is 4.06. The van der Waals surface area contributed by atoms with E-state index in [9.17, 15) is 0 Å². The number of nitrogens with one attached hydrogen (secondary N) is 1. The molecule has 0 bridgehead atoms. The lowest BCUT2D eigenvalue weighted by molar-refractivity contribution is 0.171. The molecule has 6 heteroatoms. The molecule has 1 aliphatic heterocycles. The predicted octanol–water partition coefficient (Wildman–Crippen LogP) is 2.90. The molecular weight excluding hydrogens is 302 g/mol. The first kappa shape index (κ1) is 17.0. The van der Waals surface area contributed by atoms with E-state index < -0.39 is 0 Å². The third kappa shape index (κ3) is 4.39. The zero-order valence-corrected chi connectivity index (χ0v) is 14.8. The molecule has 3 rings (SSSR count).